The maximum Gasteiger partial charge on any atom is 0.229 e. The van der Waals surface area contributed by atoms with Crippen LogP contribution in [0.4, 0.5) is 23.1 Å². The highest BCUT2D eigenvalue weighted by Gasteiger charge is 2.18. The molecule has 2 heterocycles. The lowest BCUT2D eigenvalue weighted by Crippen LogP contribution is -2.12. The Kier molecular flexibility index (Phi) is 6.31. The van der Waals surface area contributed by atoms with Crippen molar-refractivity contribution in [2.24, 2.45) is 0 Å². The molecule has 0 unspecified atom stereocenters. The molecule has 0 bridgehead atoms. The summed E-state index contributed by atoms with van der Waals surface area (Å²) in [6, 6.07) is 8.30. The van der Waals surface area contributed by atoms with Gasteiger partial charge in [-0.25, -0.2) is 4.98 Å². The topological polar surface area (TPSA) is 79.8 Å². The number of benzene rings is 1. The quantitative estimate of drug-likeness (QED) is 0.371. The van der Waals surface area contributed by atoms with Gasteiger partial charge in [-0.2, -0.15) is 4.98 Å². The van der Waals surface area contributed by atoms with Crippen molar-refractivity contribution in [2.45, 2.75) is 39.0 Å². The summed E-state index contributed by atoms with van der Waals surface area (Å²) in [7, 11) is -2.52. The van der Waals surface area contributed by atoms with Crippen molar-refractivity contribution in [3.63, 3.8) is 0 Å². The first-order valence-corrected chi connectivity index (χ1v) is 13.5. The number of rotatable bonds is 5. The minimum Gasteiger partial charge on any atom is -0.337 e. The smallest absolute Gasteiger partial charge is 0.229 e. The van der Waals surface area contributed by atoms with Crippen LogP contribution < -0.4 is 15.9 Å². The standard InChI is InChI=1S/C23H27ClN5OP/c1-15-11-21(31(2,3)30)20(14-25-15)28-22-19(24)13-26-23(29-22)27-18-10-9-16-7-5-4-6-8-17(16)12-18/h9-14H,4-8H2,1-3H3,(H2,26,27,28,29). The molecule has 2 N–H and O–H groups in total. The van der Waals surface area contributed by atoms with Crippen molar-refractivity contribution in [2.75, 3.05) is 24.0 Å². The van der Waals surface area contributed by atoms with Crippen LogP contribution in [0.15, 0.2) is 36.7 Å². The minimum absolute atomic E-state index is 0.376. The average Bonchev–Trinajstić information content (AvgIpc) is 2.96. The molecule has 1 aliphatic rings. The Bertz CT molecular complexity index is 1160. The first kappa shape index (κ1) is 21.8. The summed E-state index contributed by atoms with van der Waals surface area (Å²) >= 11 is 6.36. The summed E-state index contributed by atoms with van der Waals surface area (Å²) in [5.74, 6) is 0.882. The third kappa shape index (κ3) is 5.25. The number of aromatic nitrogens is 3. The molecule has 8 heteroatoms. The van der Waals surface area contributed by atoms with Crippen molar-refractivity contribution in [1.29, 1.82) is 0 Å². The predicted molar refractivity (Wildman–Crippen MR) is 129 cm³/mol. The number of anilines is 4. The molecule has 0 spiro atoms. The molecule has 0 amide bonds. The number of hydrogen-bond donors (Lipinski definition) is 2. The van der Waals surface area contributed by atoms with Crippen LogP contribution >= 0.6 is 18.7 Å². The number of nitrogens with zero attached hydrogens (tertiary/aromatic N) is 3. The molecule has 0 radical (unpaired) electrons. The van der Waals surface area contributed by atoms with Gasteiger partial charge < -0.3 is 15.2 Å². The van der Waals surface area contributed by atoms with E-state index in [4.69, 9.17) is 11.6 Å². The van der Waals surface area contributed by atoms with Crippen LogP contribution in [0.2, 0.25) is 5.02 Å². The second kappa shape index (κ2) is 8.97. The molecule has 6 nitrogen and oxygen atoms in total. The van der Waals surface area contributed by atoms with Crippen molar-refractivity contribution in [3.8, 4) is 0 Å². The van der Waals surface area contributed by atoms with Crippen LogP contribution in [0, 0.1) is 6.92 Å². The number of nitrogens with one attached hydrogen (secondary N) is 2. The maximum absolute atomic E-state index is 12.8. The normalized spacial score (nSPS) is 13.9. The highest BCUT2D eigenvalue weighted by molar-refractivity contribution is 7.70. The molecule has 0 fully saturated rings. The van der Waals surface area contributed by atoms with Gasteiger partial charge in [-0.3, -0.25) is 4.98 Å². The van der Waals surface area contributed by atoms with Gasteiger partial charge in [0.1, 0.15) is 12.2 Å². The fraction of sp³-hybridized carbons (Fsp3) is 0.348. The van der Waals surface area contributed by atoms with E-state index in [2.05, 4.69) is 43.8 Å². The Morgan fingerprint density at radius 3 is 2.52 bits per heavy atom. The Hall–Kier alpha value is -2.43. The van der Waals surface area contributed by atoms with Gasteiger partial charge in [0.05, 0.1) is 18.1 Å². The molecule has 162 valence electrons. The first-order chi connectivity index (χ1) is 14.8. The minimum atomic E-state index is -2.52. The van der Waals surface area contributed by atoms with Gasteiger partial charge in [-0.05, 0) is 75.3 Å². The fourth-order valence-corrected chi connectivity index (χ4v) is 5.18. The van der Waals surface area contributed by atoms with Crippen molar-refractivity contribution < 1.29 is 4.57 Å². The highest BCUT2D eigenvalue weighted by atomic mass is 35.5. The van der Waals surface area contributed by atoms with Gasteiger partial charge in [0, 0.05) is 16.7 Å². The average molecular weight is 456 g/mol. The zero-order chi connectivity index (χ0) is 22.0. The maximum atomic E-state index is 12.8. The first-order valence-electron chi connectivity index (χ1n) is 10.5. The van der Waals surface area contributed by atoms with Crippen LogP contribution in [0.5, 0.6) is 0 Å². The lowest BCUT2D eigenvalue weighted by molar-refractivity contribution is 0.588. The number of fused-ring (bicyclic) bond motifs is 1. The van der Waals surface area contributed by atoms with Crippen LogP contribution in [-0.2, 0) is 17.4 Å². The molecular weight excluding hydrogens is 429 g/mol. The molecule has 2 aromatic heterocycles. The Morgan fingerprint density at radius 2 is 1.74 bits per heavy atom. The zero-order valence-corrected chi connectivity index (χ0v) is 19.7. The molecule has 3 aromatic rings. The Balaban J connectivity index is 1.60. The molecule has 0 atom stereocenters. The van der Waals surface area contributed by atoms with Gasteiger partial charge in [0.25, 0.3) is 0 Å². The van der Waals surface area contributed by atoms with E-state index >= 15 is 0 Å². The summed E-state index contributed by atoms with van der Waals surface area (Å²) in [5, 5.41) is 7.59. The lowest BCUT2D eigenvalue weighted by atomic mass is 10.0. The zero-order valence-electron chi connectivity index (χ0n) is 18.1. The molecular formula is C23H27ClN5OP. The van der Waals surface area contributed by atoms with E-state index in [0.717, 1.165) is 29.5 Å². The van der Waals surface area contributed by atoms with Crippen molar-refractivity contribution >= 4 is 47.2 Å². The van der Waals surface area contributed by atoms with Gasteiger partial charge in [-0.1, -0.05) is 24.1 Å². The highest BCUT2D eigenvalue weighted by Crippen LogP contribution is 2.38. The SMILES string of the molecule is Cc1cc(P(C)(C)=O)c(Nc2nc(Nc3ccc4c(c3)CCCCC4)ncc2Cl)cn1. The third-order valence-corrected chi connectivity index (χ3v) is 7.26. The molecule has 0 saturated heterocycles. The molecule has 4 rings (SSSR count). The van der Waals surface area contributed by atoms with Crippen molar-refractivity contribution in [1.82, 2.24) is 15.0 Å². The molecule has 1 aliphatic carbocycles. The lowest BCUT2D eigenvalue weighted by Gasteiger charge is -2.16. The second-order valence-corrected chi connectivity index (χ2v) is 12.0. The van der Waals surface area contributed by atoms with E-state index in [-0.39, 0.29) is 0 Å². The van der Waals surface area contributed by atoms with Crippen LogP contribution in [-0.4, -0.2) is 28.3 Å². The second-order valence-electron chi connectivity index (χ2n) is 8.38. The predicted octanol–water partition coefficient (Wildman–Crippen LogP) is 5.84. The Labute approximate surface area is 188 Å². The van der Waals surface area contributed by atoms with E-state index in [1.165, 1.54) is 30.4 Å². The van der Waals surface area contributed by atoms with Crippen molar-refractivity contribution in [3.05, 3.63) is 58.5 Å². The van der Waals surface area contributed by atoms with E-state index in [0.29, 0.717) is 22.5 Å². The summed E-state index contributed by atoms with van der Waals surface area (Å²) < 4.78 is 12.8. The number of hydrogen-bond acceptors (Lipinski definition) is 6. The molecule has 31 heavy (non-hydrogen) atoms. The van der Waals surface area contributed by atoms with E-state index in [1.807, 2.05) is 13.0 Å². The van der Waals surface area contributed by atoms with E-state index in [1.54, 1.807) is 25.7 Å². The van der Waals surface area contributed by atoms with Gasteiger partial charge in [-0.15, -0.1) is 0 Å². The number of pyridine rings is 1. The van der Waals surface area contributed by atoms with Crippen LogP contribution in [0.1, 0.15) is 36.1 Å². The summed E-state index contributed by atoms with van der Waals surface area (Å²) in [4.78, 5) is 13.2. The number of aryl methyl sites for hydroxylation is 3. The monoisotopic (exact) mass is 455 g/mol. The van der Waals surface area contributed by atoms with Crippen LogP contribution in [0.3, 0.4) is 0 Å². The summed E-state index contributed by atoms with van der Waals surface area (Å²) in [5.41, 5.74) is 5.23. The number of halogens is 1. The van der Waals surface area contributed by atoms with Gasteiger partial charge >= 0.3 is 0 Å². The van der Waals surface area contributed by atoms with Gasteiger partial charge in [0.2, 0.25) is 5.95 Å². The van der Waals surface area contributed by atoms with E-state index < -0.39 is 7.14 Å². The molecule has 0 saturated carbocycles. The molecule has 1 aromatic carbocycles. The van der Waals surface area contributed by atoms with E-state index in [9.17, 15) is 4.57 Å². The Morgan fingerprint density at radius 1 is 0.968 bits per heavy atom. The molecule has 0 aliphatic heterocycles. The fourth-order valence-electron chi connectivity index (χ4n) is 3.85. The van der Waals surface area contributed by atoms with Crippen LogP contribution in [0.25, 0.3) is 0 Å². The summed E-state index contributed by atoms with van der Waals surface area (Å²) in [6.45, 7) is 5.35. The largest absolute Gasteiger partial charge is 0.337 e. The third-order valence-electron chi connectivity index (χ3n) is 5.45. The summed E-state index contributed by atoms with van der Waals surface area (Å²) in [6.07, 6.45) is 9.25. The van der Waals surface area contributed by atoms with Gasteiger partial charge in [0.15, 0.2) is 5.82 Å².